The van der Waals surface area contributed by atoms with Crippen molar-refractivity contribution in [3.05, 3.63) is 88.9 Å². The first-order valence-electron chi connectivity index (χ1n) is 12.6. The highest BCUT2D eigenvalue weighted by molar-refractivity contribution is 9.10. The topological polar surface area (TPSA) is 96.0 Å². The van der Waals surface area contributed by atoms with Crippen LogP contribution in [0.1, 0.15) is 26.3 Å². The molecular formula is C29H34BrN3O5S. The quantitative estimate of drug-likeness (QED) is 0.314. The number of carbonyl (C=O) groups is 2. The van der Waals surface area contributed by atoms with Gasteiger partial charge < -0.3 is 15.0 Å². The standard InChI is InChI=1S/C29H34BrN3O5S/c1-21(2)18-31-29(35)22(3)32(19-23-10-8-13-26(16-23)38-4)28(34)20-33(25-12-9-11-24(30)17-25)39(36,37)27-14-6-5-7-15-27/h5-17,21-22H,18-20H2,1-4H3,(H,31,35)/t22-/m1/s1. The molecular weight excluding hydrogens is 582 g/mol. The fourth-order valence-corrected chi connectivity index (χ4v) is 5.70. The monoisotopic (exact) mass is 615 g/mol. The first kappa shape index (κ1) is 30.2. The lowest BCUT2D eigenvalue weighted by Crippen LogP contribution is -2.51. The van der Waals surface area contributed by atoms with Gasteiger partial charge in [0.05, 0.1) is 17.7 Å². The van der Waals surface area contributed by atoms with Gasteiger partial charge in [-0.05, 0) is 60.9 Å². The number of amides is 2. The van der Waals surface area contributed by atoms with Crippen molar-refractivity contribution in [2.75, 3.05) is 24.5 Å². The average Bonchev–Trinajstić information content (AvgIpc) is 2.93. The van der Waals surface area contributed by atoms with E-state index in [4.69, 9.17) is 4.74 Å². The first-order valence-corrected chi connectivity index (χ1v) is 14.8. The Labute approximate surface area is 239 Å². The zero-order chi connectivity index (χ0) is 28.6. The highest BCUT2D eigenvalue weighted by Crippen LogP contribution is 2.27. The highest BCUT2D eigenvalue weighted by atomic mass is 79.9. The lowest BCUT2D eigenvalue weighted by molar-refractivity contribution is -0.139. The van der Waals surface area contributed by atoms with Gasteiger partial charge >= 0.3 is 0 Å². The fraction of sp³-hybridized carbons (Fsp3) is 0.310. The third kappa shape index (κ3) is 8.06. The summed E-state index contributed by atoms with van der Waals surface area (Å²) in [5.41, 5.74) is 1.06. The van der Waals surface area contributed by atoms with Crippen molar-refractivity contribution in [1.82, 2.24) is 10.2 Å². The third-order valence-corrected chi connectivity index (χ3v) is 8.33. The van der Waals surface area contributed by atoms with E-state index in [1.165, 1.54) is 17.0 Å². The molecule has 0 aliphatic carbocycles. The van der Waals surface area contributed by atoms with E-state index < -0.39 is 28.5 Å². The van der Waals surface area contributed by atoms with Crippen molar-refractivity contribution in [2.45, 2.75) is 38.3 Å². The second-order valence-corrected chi connectivity index (χ2v) is 12.3. The SMILES string of the molecule is COc1cccc(CN(C(=O)CN(c2cccc(Br)c2)S(=O)(=O)c2ccccc2)[C@H](C)C(=O)NCC(C)C)c1. The Balaban J connectivity index is 2.01. The molecule has 0 spiro atoms. The predicted molar refractivity (Wildman–Crippen MR) is 156 cm³/mol. The summed E-state index contributed by atoms with van der Waals surface area (Å²) in [7, 11) is -2.56. The van der Waals surface area contributed by atoms with E-state index in [-0.39, 0.29) is 23.3 Å². The number of carbonyl (C=O) groups excluding carboxylic acids is 2. The second kappa shape index (κ2) is 13.6. The third-order valence-electron chi connectivity index (χ3n) is 6.05. The molecule has 39 heavy (non-hydrogen) atoms. The van der Waals surface area contributed by atoms with Gasteiger partial charge in [0.1, 0.15) is 18.3 Å². The minimum Gasteiger partial charge on any atom is -0.497 e. The maximum atomic E-state index is 13.9. The van der Waals surface area contributed by atoms with Crippen molar-refractivity contribution < 1.29 is 22.7 Å². The number of anilines is 1. The molecule has 1 N–H and O–H groups in total. The molecule has 3 aromatic carbocycles. The highest BCUT2D eigenvalue weighted by Gasteiger charge is 2.32. The summed E-state index contributed by atoms with van der Waals surface area (Å²) in [6, 6.07) is 21.0. The number of benzene rings is 3. The van der Waals surface area contributed by atoms with Crippen LogP contribution in [0.2, 0.25) is 0 Å². The summed E-state index contributed by atoms with van der Waals surface area (Å²) in [6.07, 6.45) is 0. The molecule has 0 heterocycles. The lowest BCUT2D eigenvalue weighted by atomic mass is 10.1. The van der Waals surface area contributed by atoms with Crippen LogP contribution in [-0.2, 0) is 26.2 Å². The molecule has 0 saturated carbocycles. The van der Waals surface area contributed by atoms with Crippen molar-refractivity contribution in [3.8, 4) is 5.75 Å². The van der Waals surface area contributed by atoms with Crippen LogP contribution in [0.15, 0.2) is 88.2 Å². The minimum atomic E-state index is -4.11. The van der Waals surface area contributed by atoms with Gasteiger partial charge in [-0.1, -0.05) is 66.2 Å². The van der Waals surface area contributed by atoms with Crippen LogP contribution in [0.4, 0.5) is 5.69 Å². The number of ether oxygens (including phenoxy) is 1. The number of halogens is 1. The Morgan fingerprint density at radius 2 is 1.64 bits per heavy atom. The smallest absolute Gasteiger partial charge is 0.264 e. The van der Waals surface area contributed by atoms with Crippen LogP contribution in [0, 0.1) is 5.92 Å². The largest absolute Gasteiger partial charge is 0.497 e. The van der Waals surface area contributed by atoms with E-state index in [0.29, 0.717) is 22.5 Å². The normalized spacial score (nSPS) is 12.1. The summed E-state index contributed by atoms with van der Waals surface area (Å²) in [6.45, 7) is 5.64. The van der Waals surface area contributed by atoms with Gasteiger partial charge in [0, 0.05) is 17.6 Å². The second-order valence-electron chi connectivity index (χ2n) is 9.49. The molecule has 0 aliphatic rings. The Morgan fingerprint density at radius 3 is 2.28 bits per heavy atom. The number of hydrogen-bond donors (Lipinski definition) is 1. The summed E-state index contributed by atoms with van der Waals surface area (Å²) < 4.78 is 34.6. The van der Waals surface area contributed by atoms with Gasteiger partial charge in [0.15, 0.2) is 0 Å². The molecule has 0 saturated heterocycles. The molecule has 0 bridgehead atoms. The molecule has 10 heteroatoms. The minimum absolute atomic E-state index is 0.0554. The van der Waals surface area contributed by atoms with Crippen LogP contribution in [-0.4, -0.2) is 51.4 Å². The van der Waals surface area contributed by atoms with E-state index in [1.807, 2.05) is 19.9 Å². The molecule has 0 aliphatic heterocycles. The number of sulfonamides is 1. The van der Waals surface area contributed by atoms with Crippen molar-refractivity contribution >= 4 is 43.5 Å². The van der Waals surface area contributed by atoms with Gasteiger partial charge in [0.25, 0.3) is 10.0 Å². The molecule has 208 valence electrons. The van der Waals surface area contributed by atoms with Crippen LogP contribution in [0.25, 0.3) is 0 Å². The predicted octanol–water partition coefficient (Wildman–Crippen LogP) is 4.84. The molecule has 3 rings (SSSR count). The Kier molecular flexibility index (Phi) is 10.5. The summed E-state index contributed by atoms with van der Waals surface area (Å²) in [5.74, 6) is -0.00434. The molecule has 1 atom stereocenters. The number of hydrogen-bond acceptors (Lipinski definition) is 5. The van der Waals surface area contributed by atoms with Crippen molar-refractivity contribution in [3.63, 3.8) is 0 Å². The van der Waals surface area contributed by atoms with Crippen LogP contribution < -0.4 is 14.4 Å². The number of nitrogens with zero attached hydrogens (tertiary/aromatic N) is 2. The Hall–Kier alpha value is -3.37. The number of nitrogens with one attached hydrogen (secondary N) is 1. The van der Waals surface area contributed by atoms with E-state index >= 15 is 0 Å². The van der Waals surface area contributed by atoms with Crippen LogP contribution in [0.3, 0.4) is 0 Å². The summed E-state index contributed by atoms with van der Waals surface area (Å²) >= 11 is 3.40. The van der Waals surface area contributed by atoms with Crippen molar-refractivity contribution in [2.24, 2.45) is 5.92 Å². The molecule has 0 unspecified atom stereocenters. The summed E-state index contributed by atoms with van der Waals surface area (Å²) in [4.78, 5) is 28.4. The lowest BCUT2D eigenvalue weighted by Gasteiger charge is -2.32. The van der Waals surface area contributed by atoms with Crippen LogP contribution >= 0.6 is 15.9 Å². The van der Waals surface area contributed by atoms with E-state index in [0.717, 1.165) is 9.87 Å². The molecule has 2 amide bonds. The molecule has 0 aromatic heterocycles. The maximum absolute atomic E-state index is 13.9. The van der Waals surface area contributed by atoms with Crippen LogP contribution in [0.5, 0.6) is 5.75 Å². The molecule has 3 aromatic rings. The van der Waals surface area contributed by atoms with Crippen molar-refractivity contribution in [1.29, 1.82) is 0 Å². The van der Waals surface area contributed by atoms with Gasteiger partial charge in [-0.15, -0.1) is 0 Å². The van der Waals surface area contributed by atoms with Gasteiger partial charge in [-0.3, -0.25) is 13.9 Å². The van der Waals surface area contributed by atoms with E-state index in [2.05, 4.69) is 21.2 Å². The first-order chi connectivity index (χ1) is 18.5. The molecule has 0 radical (unpaired) electrons. The zero-order valence-electron chi connectivity index (χ0n) is 22.5. The van der Waals surface area contributed by atoms with Gasteiger partial charge in [-0.25, -0.2) is 8.42 Å². The fourth-order valence-electron chi connectivity index (χ4n) is 3.88. The maximum Gasteiger partial charge on any atom is 0.264 e. The Bertz CT molecular complexity index is 1380. The van der Waals surface area contributed by atoms with E-state index in [1.54, 1.807) is 74.7 Å². The molecule has 8 nitrogen and oxygen atoms in total. The number of rotatable bonds is 12. The van der Waals surface area contributed by atoms with Gasteiger partial charge in [-0.2, -0.15) is 0 Å². The van der Waals surface area contributed by atoms with E-state index in [9.17, 15) is 18.0 Å². The molecule has 0 fully saturated rings. The van der Waals surface area contributed by atoms with Gasteiger partial charge in [0.2, 0.25) is 11.8 Å². The summed E-state index contributed by atoms with van der Waals surface area (Å²) in [5, 5.41) is 2.88. The zero-order valence-corrected chi connectivity index (χ0v) is 24.9. The average molecular weight is 617 g/mol. The Morgan fingerprint density at radius 1 is 0.949 bits per heavy atom. The number of methoxy groups -OCH3 is 1.